The minimum atomic E-state index is -0.347. The molecule has 5 nitrogen and oxygen atoms in total. The molecule has 150 valence electrons. The largest absolute Gasteiger partial charge is 0.308 e. The van der Waals surface area contributed by atoms with Gasteiger partial charge in [-0.15, -0.1) is 0 Å². The van der Waals surface area contributed by atoms with E-state index in [4.69, 9.17) is 4.98 Å². The summed E-state index contributed by atoms with van der Waals surface area (Å²) in [6.07, 6.45) is 1.69. The summed E-state index contributed by atoms with van der Waals surface area (Å²) in [5.41, 5.74) is 2.83. The van der Waals surface area contributed by atoms with Crippen molar-refractivity contribution >= 4 is 34.3 Å². The van der Waals surface area contributed by atoms with Crippen LogP contribution in [-0.4, -0.2) is 26.8 Å². The van der Waals surface area contributed by atoms with Gasteiger partial charge < -0.3 is 4.90 Å². The third kappa shape index (κ3) is 3.57. The number of thioether (sulfide) groups is 1. The SMILES string of the molecule is CCCn1c(S[C@@H](C)C(=O)N2c3ccccc3C[C@@H]2C)nc2ccccc2c1=O. The molecular formula is C23H25N3O2S. The molecule has 1 amide bonds. The van der Waals surface area contributed by atoms with Gasteiger partial charge in [0.05, 0.1) is 16.2 Å². The van der Waals surface area contributed by atoms with Gasteiger partial charge in [-0.05, 0) is 50.5 Å². The van der Waals surface area contributed by atoms with Gasteiger partial charge in [-0.25, -0.2) is 4.98 Å². The van der Waals surface area contributed by atoms with E-state index in [1.54, 1.807) is 4.57 Å². The van der Waals surface area contributed by atoms with Crippen LogP contribution < -0.4 is 10.5 Å². The second-order valence-electron chi connectivity index (χ2n) is 7.52. The van der Waals surface area contributed by atoms with Crippen LogP contribution in [0.1, 0.15) is 32.8 Å². The van der Waals surface area contributed by atoms with Gasteiger partial charge in [-0.1, -0.05) is 49.0 Å². The minimum absolute atomic E-state index is 0.0421. The van der Waals surface area contributed by atoms with Crippen LogP contribution in [0.25, 0.3) is 10.9 Å². The predicted octanol–water partition coefficient (Wildman–Crippen LogP) is 4.26. The Hall–Kier alpha value is -2.60. The molecule has 0 spiro atoms. The molecule has 0 saturated carbocycles. The first-order chi connectivity index (χ1) is 14.0. The lowest BCUT2D eigenvalue weighted by atomic mass is 10.1. The fourth-order valence-electron chi connectivity index (χ4n) is 3.96. The standard InChI is InChI=1S/C23H25N3O2S/c1-4-13-25-22(28)18-10-6-7-11-19(18)24-23(25)29-16(3)21(27)26-15(2)14-17-9-5-8-12-20(17)26/h5-12,15-16H,4,13-14H2,1-3H3/t15-,16-/m0/s1. The molecule has 0 unspecified atom stereocenters. The number of amides is 1. The first-order valence-electron chi connectivity index (χ1n) is 10.1. The van der Waals surface area contributed by atoms with E-state index < -0.39 is 0 Å². The quantitative estimate of drug-likeness (QED) is 0.468. The lowest BCUT2D eigenvalue weighted by molar-refractivity contribution is -0.118. The molecule has 0 bridgehead atoms. The van der Waals surface area contributed by atoms with Crippen molar-refractivity contribution < 1.29 is 4.79 Å². The molecule has 0 fully saturated rings. The lowest BCUT2D eigenvalue weighted by Crippen LogP contribution is -2.40. The van der Waals surface area contributed by atoms with Gasteiger partial charge in [0.2, 0.25) is 5.91 Å². The van der Waals surface area contributed by atoms with Crippen molar-refractivity contribution in [3.05, 3.63) is 64.4 Å². The van der Waals surface area contributed by atoms with Crippen LogP contribution in [0.3, 0.4) is 0 Å². The molecule has 0 radical (unpaired) electrons. The number of benzene rings is 2. The summed E-state index contributed by atoms with van der Waals surface area (Å²) in [6.45, 7) is 6.60. The van der Waals surface area contributed by atoms with Crippen molar-refractivity contribution in [2.24, 2.45) is 0 Å². The normalized spacial score (nSPS) is 16.8. The molecule has 1 aliphatic rings. The second-order valence-corrected chi connectivity index (χ2v) is 8.83. The Labute approximate surface area is 174 Å². The van der Waals surface area contributed by atoms with Crippen LogP contribution in [0, 0.1) is 0 Å². The first-order valence-corrected chi connectivity index (χ1v) is 11.0. The summed E-state index contributed by atoms with van der Waals surface area (Å²) in [4.78, 5) is 32.9. The Bertz CT molecular complexity index is 1120. The highest BCUT2D eigenvalue weighted by molar-refractivity contribution is 8.00. The first kappa shape index (κ1) is 19.7. The molecular weight excluding hydrogens is 382 g/mol. The zero-order valence-corrected chi connectivity index (χ0v) is 17.8. The summed E-state index contributed by atoms with van der Waals surface area (Å²) < 4.78 is 1.71. The van der Waals surface area contributed by atoms with Crippen molar-refractivity contribution in [1.82, 2.24) is 9.55 Å². The van der Waals surface area contributed by atoms with E-state index in [9.17, 15) is 9.59 Å². The van der Waals surface area contributed by atoms with Crippen molar-refractivity contribution in [3.63, 3.8) is 0 Å². The van der Waals surface area contributed by atoms with E-state index in [0.29, 0.717) is 22.6 Å². The number of nitrogens with zero attached hydrogens (tertiary/aromatic N) is 3. The van der Waals surface area contributed by atoms with Gasteiger partial charge in [0.15, 0.2) is 5.16 Å². The highest BCUT2D eigenvalue weighted by atomic mass is 32.2. The molecule has 4 rings (SSSR count). The van der Waals surface area contributed by atoms with Gasteiger partial charge in [0, 0.05) is 18.3 Å². The van der Waals surface area contributed by atoms with Crippen LogP contribution in [0.4, 0.5) is 5.69 Å². The molecule has 2 aromatic carbocycles. The molecule has 29 heavy (non-hydrogen) atoms. The Morgan fingerprint density at radius 1 is 1.21 bits per heavy atom. The van der Waals surface area contributed by atoms with Gasteiger partial charge in [-0.3, -0.25) is 14.2 Å². The van der Waals surface area contributed by atoms with Crippen LogP contribution in [-0.2, 0) is 17.8 Å². The van der Waals surface area contributed by atoms with E-state index in [-0.39, 0.29) is 22.8 Å². The van der Waals surface area contributed by atoms with Crippen LogP contribution >= 0.6 is 11.8 Å². The minimum Gasteiger partial charge on any atom is -0.308 e. The Balaban J connectivity index is 1.67. The highest BCUT2D eigenvalue weighted by Crippen LogP contribution is 2.34. The third-order valence-corrected chi connectivity index (χ3v) is 6.43. The summed E-state index contributed by atoms with van der Waals surface area (Å²) in [5, 5.41) is 0.877. The number of hydrogen-bond donors (Lipinski definition) is 0. The molecule has 1 aliphatic heterocycles. The van der Waals surface area contributed by atoms with Crippen molar-refractivity contribution in [2.45, 2.75) is 56.6 Å². The van der Waals surface area contributed by atoms with E-state index in [2.05, 4.69) is 13.0 Å². The summed E-state index contributed by atoms with van der Waals surface area (Å²) >= 11 is 1.37. The number of hydrogen-bond acceptors (Lipinski definition) is 4. The van der Waals surface area contributed by atoms with Gasteiger partial charge in [0.1, 0.15) is 0 Å². The van der Waals surface area contributed by atoms with E-state index in [1.165, 1.54) is 17.3 Å². The summed E-state index contributed by atoms with van der Waals surface area (Å²) in [7, 11) is 0. The molecule has 1 aromatic heterocycles. The number of rotatable bonds is 5. The highest BCUT2D eigenvalue weighted by Gasteiger charge is 2.33. The molecule has 0 N–H and O–H groups in total. The van der Waals surface area contributed by atoms with Gasteiger partial charge in [0.25, 0.3) is 5.56 Å². The van der Waals surface area contributed by atoms with Gasteiger partial charge >= 0.3 is 0 Å². The number of fused-ring (bicyclic) bond motifs is 2. The molecule has 3 aromatic rings. The smallest absolute Gasteiger partial charge is 0.262 e. The topological polar surface area (TPSA) is 55.2 Å². The number of aromatic nitrogens is 2. The van der Waals surface area contributed by atoms with Crippen molar-refractivity contribution in [1.29, 1.82) is 0 Å². The molecule has 0 aliphatic carbocycles. The second kappa shape index (κ2) is 8.03. The molecule has 2 atom stereocenters. The van der Waals surface area contributed by atoms with Crippen LogP contribution in [0.15, 0.2) is 58.5 Å². The summed E-state index contributed by atoms with van der Waals surface area (Å²) in [6, 6.07) is 15.6. The van der Waals surface area contributed by atoms with Crippen LogP contribution in [0.5, 0.6) is 0 Å². The maximum Gasteiger partial charge on any atom is 0.262 e. The van der Waals surface area contributed by atoms with E-state index >= 15 is 0 Å². The maximum absolute atomic E-state index is 13.3. The zero-order valence-electron chi connectivity index (χ0n) is 17.0. The predicted molar refractivity (Wildman–Crippen MR) is 119 cm³/mol. The number of carbonyl (C=O) groups excluding carboxylic acids is 1. The molecule has 6 heteroatoms. The van der Waals surface area contributed by atoms with E-state index in [1.807, 2.05) is 61.2 Å². The van der Waals surface area contributed by atoms with E-state index in [0.717, 1.165) is 18.5 Å². The maximum atomic E-state index is 13.3. The molecule has 2 heterocycles. The Morgan fingerprint density at radius 2 is 1.93 bits per heavy atom. The zero-order chi connectivity index (χ0) is 20.5. The summed E-state index contributed by atoms with van der Waals surface area (Å²) in [5.74, 6) is 0.0536. The fourth-order valence-corrected chi connectivity index (χ4v) is 4.95. The molecule has 0 saturated heterocycles. The fraction of sp³-hybridized carbons (Fsp3) is 0.348. The Kier molecular flexibility index (Phi) is 5.46. The van der Waals surface area contributed by atoms with Crippen LogP contribution in [0.2, 0.25) is 0 Å². The average Bonchev–Trinajstić information content (AvgIpc) is 3.06. The monoisotopic (exact) mass is 407 g/mol. The third-order valence-electron chi connectivity index (χ3n) is 5.35. The van der Waals surface area contributed by atoms with Crippen molar-refractivity contribution in [2.75, 3.05) is 4.90 Å². The van der Waals surface area contributed by atoms with Gasteiger partial charge in [-0.2, -0.15) is 0 Å². The number of anilines is 1. The number of carbonyl (C=O) groups is 1. The number of para-hydroxylation sites is 2. The average molecular weight is 408 g/mol. The Morgan fingerprint density at radius 3 is 2.72 bits per heavy atom. The lowest BCUT2D eigenvalue weighted by Gasteiger charge is -2.26. The van der Waals surface area contributed by atoms with Crippen molar-refractivity contribution in [3.8, 4) is 0 Å².